The minimum atomic E-state index is -1.04. The van der Waals surface area contributed by atoms with Crippen LogP contribution in [0, 0.1) is 0 Å². The number of nitrogens with one attached hydrogen (secondary N) is 2. The van der Waals surface area contributed by atoms with Crippen molar-refractivity contribution in [2.75, 3.05) is 26.0 Å². The van der Waals surface area contributed by atoms with Crippen LogP contribution in [0.15, 0.2) is 24.3 Å². The quantitative estimate of drug-likeness (QED) is 0.728. The summed E-state index contributed by atoms with van der Waals surface area (Å²) in [7, 11) is 3.27. The van der Waals surface area contributed by atoms with E-state index in [-0.39, 0.29) is 6.54 Å². The van der Waals surface area contributed by atoms with Crippen molar-refractivity contribution in [2.24, 2.45) is 0 Å². The molecule has 0 saturated heterocycles. The molecule has 98 valence electrons. The van der Waals surface area contributed by atoms with Gasteiger partial charge in [0.15, 0.2) is 0 Å². The highest BCUT2D eigenvalue weighted by Gasteiger charge is 2.11. The number of carboxylic acids is 1. The number of benzene rings is 1. The van der Waals surface area contributed by atoms with Crippen molar-refractivity contribution in [3.63, 3.8) is 0 Å². The Morgan fingerprint density at radius 2 is 2.11 bits per heavy atom. The molecule has 0 unspecified atom stereocenters. The molecule has 0 aliphatic rings. The second kappa shape index (κ2) is 6.61. The van der Waals surface area contributed by atoms with Crippen LogP contribution in [0.4, 0.5) is 10.5 Å². The molecule has 3 N–H and O–H groups in total. The van der Waals surface area contributed by atoms with Gasteiger partial charge in [0, 0.05) is 19.3 Å². The minimum absolute atomic E-state index is 0.331. The smallest absolute Gasteiger partial charge is 0.323 e. The van der Waals surface area contributed by atoms with Crippen LogP contribution in [-0.4, -0.2) is 42.6 Å². The predicted molar refractivity (Wildman–Crippen MR) is 68.5 cm³/mol. The van der Waals surface area contributed by atoms with E-state index in [0.29, 0.717) is 12.2 Å². The van der Waals surface area contributed by atoms with Crippen LogP contribution in [0.3, 0.4) is 0 Å². The van der Waals surface area contributed by atoms with Gasteiger partial charge in [-0.2, -0.15) is 0 Å². The Morgan fingerprint density at radius 3 is 2.72 bits per heavy atom. The lowest BCUT2D eigenvalue weighted by atomic mass is 10.2. The zero-order valence-electron chi connectivity index (χ0n) is 10.4. The normalized spacial score (nSPS) is 9.89. The number of carbonyl (C=O) groups excluding carboxylic acids is 1. The molecule has 1 aromatic carbocycles. The summed E-state index contributed by atoms with van der Waals surface area (Å²) in [6, 6.07) is 6.92. The molecule has 6 heteroatoms. The standard InChI is InChI=1S/C12H17N3O3/c1-13-7-9-4-3-5-10(6-9)14-12(18)15(2)8-11(16)17/h3-6,13H,7-8H2,1-2H3,(H,14,18)(H,16,17). The van der Waals surface area contributed by atoms with Crippen LogP contribution in [-0.2, 0) is 11.3 Å². The molecular weight excluding hydrogens is 234 g/mol. The summed E-state index contributed by atoms with van der Waals surface area (Å²) < 4.78 is 0. The summed E-state index contributed by atoms with van der Waals surface area (Å²) in [6.07, 6.45) is 0. The van der Waals surface area contributed by atoms with Crippen molar-refractivity contribution in [1.82, 2.24) is 10.2 Å². The summed E-state index contributed by atoms with van der Waals surface area (Å²) in [5, 5.41) is 14.2. The largest absolute Gasteiger partial charge is 0.480 e. The number of amides is 2. The van der Waals surface area contributed by atoms with Crippen LogP contribution in [0.2, 0.25) is 0 Å². The van der Waals surface area contributed by atoms with E-state index >= 15 is 0 Å². The monoisotopic (exact) mass is 251 g/mol. The van der Waals surface area contributed by atoms with E-state index in [0.717, 1.165) is 10.5 Å². The first kappa shape index (κ1) is 14.0. The third-order valence-electron chi connectivity index (χ3n) is 2.28. The molecule has 0 atom stereocenters. The van der Waals surface area contributed by atoms with Crippen LogP contribution in [0.25, 0.3) is 0 Å². The number of hydrogen-bond acceptors (Lipinski definition) is 3. The molecule has 0 aromatic heterocycles. The van der Waals surface area contributed by atoms with Gasteiger partial charge in [-0.3, -0.25) is 4.79 Å². The topological polar surface area (TPSA) is 81.7 Å². The van der Waals surface area contributed by atoms with Crippen LogP contribution >= 0.6 is 0 Å². The molecule has 18 heavy (non-hydrogen) atoms. The van der Waals surface area contributed by atoms with Gasteiger partial charge in [-0.15, -0.1) is 0 Å². The maximum atomic E-state index is 11.7. The molecule has 1 rings (SSSR count). The Kier molecular flexibility index (Phi) is 5.13. The highest BCUT2D eigenvalue weighted by Crippen LogP contribution is 2.11. The van der Waals surface area contributed by atoms with Crippen molar-refractivity contribution in [3.05, 3.63) is 29.8 Å². The number of urea groups is 1. The van der Waals surface area contributed by atoms with E-state index < -0.39 is 12.0 Å². The fraction of sp³-hybridized carbons (Fsp3) is 0.333. The number of likely N-dealkylation sites (N-methyl/N-ethyl adjacent to an activating group) is 1. The molecular formula is C12H17N3O3. The van der Waals surface area contributed by atoms with Gasteiger partial charge in [-0.05, 0) is 24.7 Å². The Morgan fingerprint density at radius 1 is 1.39 bits per heavy atom. The van der Waals surface area contributed by atoms with E-state index in [1.54, 1.807) is 6.07 Å². The van der Waals surface area contributed by atoms with Crippen LogP contribution in [0.5, 0.6) is 0 Å². The number of carboxylic acid groups (broad SMARTS) is 1. The molecule has 0 radical (unpaired) electrons. The first-order valence-corrected chi connectivity index (χ1v) is 5.50. The number of nitrogens with zero attached hydrogens (tertiary/aromatic N) is 1. The zero-order valence-corrected chi connectivity index (χ0v) is 10.4. The van der Waals surface area contributed by atoms with E-state index in [4.69, 9.17) is 5.11 Å². The Balaban J connectivity index is 2.63. The second-order valence-corrected chi connectivity index (χ2v) is 3.91. The molecule has 0 fully saturated rings. The average molecular weight is 251 g/mol. The molecule has 0 saturated carbocycles. The van der Waals surface area contributed by atoms with Gasteiger partial charge in [0.25, 0.3) is 0 Å². The summed E-state index contributed by atoms with van der Waals surface area (Å²) in [5.74, 6) is -1.04. The highest BCUT2D eigenvalue weighted by molar-refractivity contribution is 5.91. The van der Waals surface area contributed by atoms with E-state index in [1.165, 1.54) is 7.05 Å². The van der Waals surface area contributed by atoms with E-state index in [1.807, 2.05) is 25.2 Å². The second-order valence-electron chi connectivity index (χ2n) is 3.91. The van der Waals surface area contributed by atoms with Gasteiger partial charge in [-0.1, -0.05) is 12.1 Å². The van der Waals surface area contributed by atoms with Crippen molar-refractivity contribution >= 4 is 17.7 Å². The van der Waals surface area contributed by atoms with Crippen LogP contribution in [0.1, 0.15) is 5.56 Å². The highest BCUT2D eigenvalue weighted by atomic mass is 16.4. The third kappa shape index (κ3) is 4.42. The van der Waals surface area contributed by atoms with Crippen molar-refractivity contribution in [2.45, 2.75) is 6.54 Å². The van der Waals surface area contributed by atoms with Gasteiger partial charge < -0.3 is 20.6 Å². The van der Waals surface area contributed by atoms with E-state index in [2.05, 4.69) is 10.6 Å². The number of rotatable bonds is 5. The lowest BCUT2D eigenvalue weighted by Crippen LogP contribution is -2.35. The van der Waals surface area contributed by atoms with E-state index in [9.17, 15) is 9.59 Å². The minimum Gasteiger partial charge on any atom is -0.480 e. The average Bonchev–Trinajstić information content (AvgIpc) is 2.29. The predicted octanol–water partition coefficient (Wildman–Crippen LogP) is 0.954. The Bertz CT molecular complexity index is 434. The molecule has 0 spiro atoms. The SMILES string of the molecule is CNCc1cccc(NC(=O)N(C)CC(=O)O)c1. The third-order valence-corrected chi connectivity index (χ3v) is 2.28. The molecule has 0 aliphatic carbocycles. The van der Waals surface area contributed by atoms with Gasteiger partial charge >= 0.3 is 12.0 Å². The molecule has 0 heterocycles. The lowest BCUT2D eigenvalue weighted by molar-refractivity contribution is -0.137. The van der Waals surface area contributed by atoms with Gasteiger partial charge in [-0.25, -0.2) is 4.79 Å². The fourth-order valence-corrected chi connectivity index (χ4v) is 1.46. The first-order valence-electron chi connectivity index (χ1n) is 5.50. The Hall–Kier alpha value is -2.08. The zero-order chi connectivity index (χ0) is 13.5. The van der Waals surface area contributed by atoms with Crippen molar-refractivity contribution < 1.29 is 14.7 Å². The van der Waals surface area contributed by atoms with Gasteiger partial charge in [0.05, 0.1) is 0 Å². The molecule has 0 bridgehead atoms. The van der Waals surface area contributed by atoms with Gasteiger partial charge in [0.2, 0.25) is 0 Å². The summed E-state index contributed by atoms with van der Waals surface area (Å²) >= 11 is 0. The summed E-state index contributed by atoms with van der Waals surface area (Å²) in [5.41, 5.74) is 1.68. The first-order chi connectivity index (χ1) is 8.52. The van der Waals surface area contributed by atoms with Crippen molar-refractivity contribution in [3.8, 4) is 0 Å². The lowest BCUT2D eigenvalue weighted by Gasteiger charge is -2.15. The van der Waals surface area contributed by atoms with Crippen molar-refractivity contribution in [1.29, 1.82) is 0 Å². The number of aliphatic carboxylic acids is 1. The number of anilines is 1. The molecule has 6 nitrogen and oxygen atoms in total. The fourth-order valence-electron chi connectivity index (χ4n) is 1.46. The molecule has 2 amide bonds. The van der Waals surface area contributed by atoms with Crippen LogP contribution < -0.4 is 10.6 Å². The summed E-state index contributed by atoms with van der Waals surface area (Å²) in [6.45, 7) is 0.372. The van der Waals surface area contributed by atoms with Gasteiger partial charge in [0.1, 0.15) is 6.54 Å². The maximum Gasteiger partial charge on any atom is 0.323 e. The number of hydrogen-bond donors (Lipinski definition) is 3. The molecule has 0 aliphatic heterocycles. The number of carbonyl (C=O) groups is 2. The Labute approximate surface area is 106 Å². The molecule has 1 aromatic rings. The maximum absolute atomic E-state index is 11.7. The summed E-state index contributed by atoms with van der Waals surface area (Å²) in [4.78, 5) is 23.2.